The number of rotatable bonds is 9. The van der Waals surface area contributed by atoms with Gasteiger partial charge in [-0.2, -0.15) is 5.26 Å². The lowest BCUT2D eigenvalue weighted by atomic mass is 10.2. The first-order valence-corrected chi connectivity index (χ1v) is 11.8. The number of carbonyl (C=O) groups is 2. The number of benzene rings is 3. The molecule has 0 aliphatic heterocycles. The highest BCUT2D eigenvalue weighted by Gasteiger charge is 2.23. The normalized spacial score (nSPS) is 10.7. The third-order valence-corrected chi connectivity index (χ3v) is 6.77. The van der Waals surface area contributed by atoms with Crippen molar-refractivity contribution in [3.8, 4) is 6.07 Å². The van der Waals surface area contributed by atoms with Crippen LogP contribution in [0.5, 0.6) is 0 Å². The van der Waals surface area contributed by atoms with Gasteiger partial charge in [0, 0.05) is 19.3 Å². The highest BCUT2D eigenvalue weighted by Crippen LogP contribution is 2.22. The Kier molecular flexibility index (Phi) is 8.01. The lowest BCUT2D eigenvalue weighted by molar-refractivity contribution is -0.121. The predicted molar refractivity (Wildman–Crippen MR) is 128 cm³/mol. The molecule has 0 aliphatic carbocycles. The molecule has 9 heteroatoms. The van der Waals surface area contributed by atoms with Gasteiger partial charge in [-0.3, -0.25) is 9.10 Å². The molecule has 0 unspecified atom stereocenters. The fraction of sp³-hybridized carbons (Fsp3) is 0.160. The molecular formula is C25H23N3O5S. The summed E-state index contributed by atoms with van der Waals surface area (Å²) in [4.78, 5) is 26.6. The molecule has 0 bridgehead atoms. The van der Waals surface area contributed by atoms with Crippen LogP contribution in [0.4, 0.5) is 11.4 Å². The molecule has 0 saturated heterocycles. The summed E-state index contributed by atoms with van der Waals surface area (Å²) in [6.45, 7) is -0.406. The second-order valence-corrected chi connectivity index (χ2v) is 9.17. The van der Waals surface area contributed by atoms with Crippen molar-refractivity contribution >= 4 is 33.3 Å². The average molecular weight is 478 g/mol. The number of hydrogen-bond donors (Lipinski definition) is 0. The van der Waals surface area contributed by atoms with Crippen LogP contribution in [0.1, 0.15) is 16.8 Å². The zero-order chi connectivity index (χ0) is 24.6. The maximum Gasteiger partial charge on any atom is 0.338 e. The lowest BCUT2D eigenvalue weighted by Gasteiger charge is -2.21. The molecule has 0 heterocycles. The summed E-state index contributed by atoms with van der Waals surface area (Å²) in [6, 6.07) is 24.7. The maximum absolute atomic E-state index is 13.0. The van der Waals surface area contributed by atoms with Crippen molar-refractivity contribution in [1.82, 2.24) is 0 Å². The quantitative estimate of drug-likeness (QED) is 0.436. The number of nitriles is 1. The van der Waals surface area contributed by atoms with E-state index >= 15 is 0 Å². The number of hydrogen-bond acceptors (Lipinski definition) is 6. The molecule has 1 amide bonds. The van der Waals surface area contributed by atoms with Gasteiger partial charge in [0.15, 0.2) is 6.61 Å². The predicted octanol–water partition coefficient (Wildman–Crippen LogP) is 3.62. The number of anilines is 2. The van der Waals surface area contributed by atoms with Gasteiger partial charge in [-0.1, -0.05) is 42.5 Å². The van der Waals surface area contributed by atoms with Crippen LogP contribution in [-0.4, -0.2) is 40.5 Å². The standard InChI is InChI=1S/C25H23N3O5S/c1-27(21-11-4-2-5-12-21)34(31,32)23-15-8-10-20(18-23)25(30)33-19-24(29)28(17-9-16-26)22-13-6-3-7-14-22/h2-8,10-15,18H,9,17,19H2,1H3. The fourth-order valence-corrected chi connectivity index (χ4v) is 4.42. The topological polar surface area (TPSA) is 108 Å². The lowest BCUT2D eigenvalue weighted by Crippen LogP contribution is -2.35. The highest BCUT2D eigenvalue weighted by molar-refractivity contribution is 7.92. The van der Waals surface area contributed by atoms with Crippen LogP contribution in [0.3, 0.4) is 0 Å². The van der Waals surface area contributed by atoms with E-state index in [0.717, 1.165) is 4.31 Å². The molecule has 3 aromatic carbocycles. The molecule has 0 saturated carbocycles. The van der Waals surface area contributed by atoms with Crippen molar-refractivity contribution in [2.75, 3.05) is 29.4 Å². The van der Waals surface area contributed by atoms with Crippen molar-refractivity contribution in [3.05, 3.63) is 90.5 Å². The van der Waals surface area contributed by atoms with Crippen molar-refractivity contribution in [1.29, 1.82) is 5.26 Å². The molecule has 0 aromatic heterocycles. The summed E-state index contributed by atoms with van der Waals surface area (Å²) in [5.74, 6) is -1.33. The van der Waals surface area contributed by atoms with E-state index < -0.39 is 28.5 Å². The second kappa shape index (κ2) is 11.1. The second-order valence-electron chi connectivity index (χ2n) is 7.20. The number of sulfonamides is 1. The van der Waals surface area contributed by atoms with Gasteiger partial charge in [-0.05, 0) is 42.5 Å². The summed E-state index contributed by atoms with van der Waals surface area (Å²) in [5, 5.41) is 8.89. The number of amides is 1. The van der Waals surface area contributed by atoms with Crippen LogP contribution in [-0.2, 0) is 19.6 Å². The number of para-hydroxylation sites is 2. The van der Waals surface area contributed by atoms with E-state index in [0.29, 0.717) is 11.4 Å². The third kappa shape index (κ3) is 5.79. The van der Waals surface area contributed by atoms with Gasteiger partial charge in [-0.15, -0.1) is 0 Å². The van der Waals surface area contributed by atoms with Crippen LogP contribution >= 0.6 is 0 Å². The van der Waals surface area contributed by atoms with Crippen LogP contribution in [0, 0.1) is 11.3 Å². The van der Waals surface area contributed by atoms with Crippen molar-refractivity contribution < 1.29 is 22.7 Å². The summed E-state index contributed by atoms with van der Waals surface area (Å²) < 4.78 is 32.3. The Labute approximate surface area is 198 Å². The Balaban J connectivity index is 1.72. The molecule has 0 aliphatic rings. The fourth-order valence-electron chi connectivity index (χ4n) is 3.17. The minimum Gasteiger partial charge on any atom is -0.452 e. The summed E-state index contributed by atoms with van der Waals surface area (Å²) in [5.41, 5.74) is 1.05. The summed E-state index contributed by atoms with van der Waals surface area (Å²) in [7, 11) is -2.49. The first-order chi connectivity index (χ1) is 16.3. The molecule has 0 radical (unpaired) electrons. The molecule has 34 heavy (non-hydrogen) atoms. The van der Waals surface area contributed by atoms with Crippen molar-refractivity contribution in [3.63, 3.8) is 0 Å². The Morgan fingerprint density at radius 3 is 2.15 bits per heavy atom. The van der Waals surface area contributed by atoms with Crippen LogP contribution in [0.25, 0.3) is 0 Å². The van der Waals surface area contributed by atoms with Gasteiger partial charge in [0.05, 0.1) is 28.6 Å². The number of ether oxygens (including phenoxy) is 1. The van der Waals surface area contributed by atoms with Crippen LogP contribution in [0.15, 0.2) is 89.8 Å². The Bertz CT molecular complexity index is 1290. The van der Waals surface area contributed by atoms with E-state index in [4.69, 9.17) is 10.00 Å². The van der Waals surface area contributed by atoms with Gasteiger partial charge in [0.1, 0.15) is 0 Å². The first-order valence-electron chi connectivity index (χ1n) is 10.4. The Hall–Kier alpha value is -4.16. The Morgan fingerprint density at radius 1 is 0.912 bits per heavy atom. The molecule has 0 atom stereocenters. The molecule has 3 rings (SSSR count). The molecule has 0 spiro atoms. The van der Waals surface area contributed by atoms with Crippen molar-refractivity contribution in [2.45, 2.75) is 11.3 Å². The molecular weight excluding hydrogens is 454 g/mol. The smallest absolute Gasteiger partial charge is 0.338 e. The molecule has 0 N–H and O–H groups in total. The molecule has 8 nitrogen and oxygen atoms in total. The van der Waals surface area contributed by atoms with E-state index in [1.165, 1.54) is 36.2 Å². The maximum atomic E-state index is 13.0. The van der Waals surface area contributed by atoms with E-state index in [1.807, 2.05) is 6.07 Å². The van der Waals surface area contributed by atoms with E-state index in [1.54, 1.807) is 60.7 Å². The molecule has 0 fully saturated rings. The van der Waals surface area contributed by atoms with Crippen LogP contribution in [0.2, 0.25) is 0 Å². The average Bonchev–Trinajstić information content (AvgIpc) is 2.88. The SMILES string of the molecule is CN(c1ccccc1)S(=O)(=O)c1cccc(C(=O)OCC(=O)N(CCC#N)c2ccccc2)c1. The van der Waals surface area contributed by atoms with E-state index in [9.17, 15) is 18.0 Å². The monoisotopic (exact) mass is 477 g/mol. The van der Waals surface area contributed by atoms with Gasteiger partial charge in [-0.25, -0.2) is 13.2 Å². The highest BCUT2D eigenvalue weighted by atomic mass is 32.2. The number of nitrogens with zero attached hydrogens (tertiary/aromatic N) is 3. The zero-order valence-electron chi connectivity index (χ0n) is 18.5. The zero-order valence-corrected chi connectivity index (χ0v) is 19.3. The number of carbonyl (C=O) groups excluding carboxylic acids is 2. The minimum absolute atomic E-state index is 0.00128. The summed E-state index contributed by atoms with van der Waals surface area (Å²) in [6.07, 6.45) is 0.115. The first kappa shape index (κ1) is 24.5. The molecule has 3 aromatic rings. The largest absolute Gasteiger partial charge is 0.452 e. The Morgan fingerprint density at radius 2 is 1.53 bits per heavy atom. The summed E-state index contributed by atoms with van der Waals surface area (Å²) >= 11 is 0. The van der Waals surface area contributed by atoms with Gasteiger partial charge in [0.25, 0.3) is 15.9 Å². The van der Waals surface area contributed by atoms with Gasteiger partial charge >= 0.3 is 5.97 Å². The molecule has 174 valence electrons. The minimum atomic E-state index is -3.92. The third-order valence-electron chi connectivity index (χ3n) is 4.99. The van der Waals surface area contributed by atoms with Crippen LogP contribution < -0.4 is 9.21 Å². The van der Waals surface area contributed by atoms with Crippen molar-refractivity contribution in [2.24, 2.45) is 0 Å². The van der Waals surface area contributed by atoms with Gasteiger partial charge in [0.2, 0.25) is 0 Å². The van der Waals surface area contributed by atoms with Gasteiger partial charge < -0.3 is 9.64 Å². The van der Waals surface area contributed by atoms with E-state index in [2.05, 4.69) is 0 Å². The number of esters is 1. The van der Waals surface area contributed by atoms with E-state index in [-0.39, 0.29) is 23.4 Å².